The van der Waals surface area contributed by atoms with Gasteiger partial charge in [-0.05, 0) is 48.2 Å². The third-order valence-electron chi connectivity index (χ3n) is 4.89. The molecule has 1 aliphatic rings. The van der Waals surface area contributed by atoms with Crippen LogP contribution in [0.4, 0.5) is 0 Å². The predicted octanol–water partition coefficient (Wildman–Crippen LogP) is 3.62. The van der Waals surface area contributed by atoms with Crippen LogP contribution in [0.3, 0.4) is 0 Å². The number of hydrogen-bond donors (Lipinski definition) is 0. The first-order valence-electron chi connectivity index (χ1n) is 8.76. The summed E-state index contributed by atoms with van der Waals surface area (Å²) < 4.78 is 29.5. The van der Waals surface area contributed by atoms with Crippen LogP contribution >= 0.6 is 11.6 Å². The van der Waals surface area contributed by atoms with Gasteiger partial charge in [0, 0.05) is 24.3 Å². The normalized spacial score (nSPS) is 16.5. The van der Waals surface area contributed by atoms with Crippen molar-refractivity contribution in [2.45, 2.75) is 23.8 Å². The van der Waals surface area contributed by atoms with Gasteiger partial charge < -0.3 is 0 Å². The molecule has 2 heterocycles. The topological polar surface area (TPSA) is 68.1 Å². The lowest BCUT2D eigenvalue weighted by atomic mass is 10.1. The average molecular weight is 403 g/mol. The minimum atomic E-state index is -3.53. The zero-order valence-corrected chi connectivity index (χ0v) is 16.1. The van der Waals surface area contributed by atoms with Crippen molar-refractivity contribution < 1.29 is 8.42 Å². The van der Waals surface area contributed by atoms with Gasteiger partial charge in [-0.15, -0.1) is 5.10 Å². The Balaban J connectivity index is 1.54. The van der Waals surface area contributed by atoms with Gasteiger partial charge in [0.05, 0.1) is 17.1 Å². The molecule has 1 aromatic heterocycles. The highest BCUT2D eigenvalue weighted by Crippen LogP contribution is 2.29. The van der Waals surface area contributed by atoms with Crippen molar-refractivity contribution in [2.24, 2.45) is 0 Å². The Morgan fingerprint density at radius 1 is 1.00 bits per heavy atom. The first-order valence-corrected chi connectivity index (χ1v) is 10.6. The van der Waals surface area contributed by atoms with Gasteiger partial charge in [0.25, 0.3) is 0 Å². The fourth-order valence-electron chi connectivity index (χ4n) is 3.39. The number of hydrogen-bond acceptors (Lipinski definition) is 4. The lowest BCUT2D eigenvalue weighted by Crippen LogP contribution is -2.39. The van der Waals surface area contributed by atoms with E-state index in [1.165, 1.54) is 0 Å². The molecular weight excluding hydrogens is 384 g/mol. The Kier molecular flexibility index (Phi) is 4.99. The number of halogens is 1. The fourth-order valence-corrected chi connectivity index (χ4v) is 5.03. The maximum atomic E-state index is 13.1. The first kappa shape index (κ1) is 18.2. The lowest BCUT2D eigenvalue weighted by Gasteiger charge is -2.31. The fraction of sp³-hybridized carbons (Fsp3) is 0.263. The second-order valence-corrected chi connectivity index (χ2v) is 8.93. The molecule has 3 aromatic rings. The van der Waals surface area contributed by atoms with Crippen LogP contribution in [0, 0.1) is 0 Å². The maximum absolute atomic E-state index is 13.1. The second-order valence-electron chi connectivity index (χ2n) is 6.55. The summed E-state index contributed by atoms with van der Waals surface area (Å²) in [5, 5.41) is 8.51. The number of benzene rings is 2. The third kappa shape index (κ3) is 3.76. The Bertz CT molecular complexity index is 1010. The van der Waals surface area contributed by atoms with E-state index in [-0.39, 0.29) is 6.04 Å². The van der Waals surface area contributed by atoms with Crippen LogP contribution in [0.1, 0.15) is 18.9 Å². The standard InChI is InChI=1S/C19H19ClN4O2S/c20-17-6-4-15(5-7-17)16-2-1-3-19(14-16)27(25,26)23-11-8-18(9-12-23)24-13-10-21-22-24/h1-7,10,13-14,18H,8-9,11-12H2. The number of piperidine rings is 1. The van der Waals surface area contributed by atoms with Gasteiger partial charge in [-0.2, -0.15) is 4.31 Å². The zero-order chi connectivity index (χ0) is 18.9. The monoisotopic (exact) mass is 402 g/mol. The summed E-state index contributed by atoms with van der Waals surface area (Å²) in [5.41, 5.74) is 1.78. The SMILES string of the molecule is O=S(=O)(c1cccc(-c2ccc(Cl)cc2)c1)N1CCC(n2ccnn2)CC1. The van der Waals surface area contributed by atoms with Gasteiger partial charge >= 0.3 is 0 Å². The summed E-state index contributed by atoms with van der Waals surface area (Å²) in [5.74, 6) is 0. The summed E-state index contributed by atoms with van der Waals surface area (Å²) in [7, 11) is -3.53. The molecule has 1 aliphatic heterocycles. The molecule has 27 heavy (non-hydrogen) atoms. The summed E-state index contributed by atoms with van der Waals surface area (Å²) >= 11 is 5.94. The molecule has 0 saturated carbocycles. The molecule has 0 radical (unpaired) electrons. The van der Waals surface area contributed by atoms with Crippen molar-refractivity contribution in [2.75, 3.05) is 13.1 Å². The average Bonchev–Trinajstić information content (AvgIpc) is 3.24. The largest absolute Gasteiger partial charge is 0.249 e. The number of aromatic nitrogens is 3. The molecule has 0 N–H and O–H groups in total. The molecule has 0 spiro atoms. The number of sulfonamides is 1. The molecule has 4 rings (SSSR count). The number of nitrogens with zero attached hydrogens (tertiary/aromatic N) is 4. The van der Waals surface area contributed by atoms with Gasteiger partial charge in [0.2, 0.25) is 10.0 Å². The van der Waals surface area contributed by atoms with E-state index in [1.807, 2.05) is 29.1 Å². The van der Waals surface area contributed by atoms with Crippen LogP contribution < -0.4 is 0 Å². The van der Waals surface area contributed by atoms with Crippen molar-refractivity contribution in [3.63, 3.8) is 0 Å². The Morgan fingerprint density at radius 2 is 1.74 bits per heavy atom. The van der Waals surface area contributed by atoms with Gasteiger partial charge in [-0.25, -0.2) is 13.1 Å². The summed E-state index contributed by atoms with van der Waals surface area (Å²) in [6, 6.07) is 14.6. The summed E-state index contributed by atoms with van der Waals surface area (Å²) in [6.45, 7) is 0.941. The first-order chi connectivity index (χ1) is 13.0. The Morgan fingerprint density at radius 3 is 2.41 bits per heavy atom. The summed E-state index contributed by atoms with van der Waals surface area (Å²) in [4.78, 5) is 0.314. The van der Waals surface area contributed by atoms with Crippen molar-refractivity contribution in [1.82, 2.24) is 19.3 Å². The van der Waals surface area contributed by atoms with E-state index in [4.69, 9.17) is 11.6 Å². The minimum absolute atomic E-state index is 0.194. The van der Waals surface area contributed by atoms with E-state index in [9.17, 15) is 8.42 Å². The van der Waals surface area contributed by atoms with Crippen LogP contribution in [0.25, 0.3) is 11.1 Å². The predicted molar refractivity (Wildman–Crippen MR) is 104 cm³/mol. The van der Waals surface area contributed by atoms with Crippen molar-refractivity contribution in [3.8, 4) is 11.1 Å². The van der Waals surface area contributed by atoms with Crippen LogP contribution in [-0.4, -0.2) is 40.8 Å². The van der Waals surface area contributed by atoms with E-state index < -0.39 is 10.0 Å². The van der Waals surface area contributed by atoms with Crippen LogP contribution in [0.15, 0.2) is 65.8 Å². The van der Waals surface area contributed by atoms with E-state index in [0.29, 0.717) is 23.0 Å². The van der Waals surface area contributed by atoms with E-state index in [2.05, 4.69) is 10.3 Å². The zero-order valence-electron chi connectivity index (χ0n) is 14.6. The Hall–Kier alpha value is -2.22. The summed E-state index contributed by atoms with van der Waals surface area (Å²) in [6.07, 6.45) is 4.91. The van der Waals surface area contributed by atoms with Gasteiger partial charge in [0.15, 0.2) is 0 Å². The molecule has 0 atom stereocenters. The van der Waals surface area contributed by atoms with E-state index >= 15 is 0 Å². The van der Waals surface area contributed by atoms with Crippen molar-refractivity contribution in [1.29, 1.82) is 0 Å². The van der Waals surface area contributed by atoms with Crippen LogP contribution in [0.2, 0.25) is 5.02 Å². The lowest BCUT2D eigenvalue weighted by molar-refractivity contribution is 0.258. The molecule has 0 bridgehead atoms. The molecule has 2 aromatic carbocycles. The van der Waals surface area contributed by atoms with Crippen LogP contribution in [0.5, 0.6) is 0 Å². The number of rotatable bonds is 4. The second kappa shape index (κ2) is 7.42. The molecule has 140 valence electrons. The van der Waals surface area contributed by atoms with Crippen molar-refractivity contribution >= 4 is 21.6 Å². The molecule has 1 fully saturated rings. The van der Waals surface area contributed by atoms with Gasteiger partial charge in [-0.3, -0.25) is 0 Å². The van der Waals surface area contributed by atoms with Crippen molar-refractivity contribution in [3.05, 3.63) is 65.9 Å². The van der Waals surface area contributed by atoms with E-state index in [1.54, 1.807) is 40.8 Å². The molecule has 0 aliphatic carbocycles. The van der Waals surface area contributed by atoms with E-state index in [0.717, 1.165) is 24.0 Å². The minimum Gasteiger partial charge on any atom is -0.249 e. The smallest absolute Gasteiger partial charge is 0.243 e. The van der Waals surface area contributed by atoms with Crippen LogP contribution in [-0.2, 0) is 10.0 Å². The van der Waals surface area contributed by atoms with Gasteiger partial charge in [-0.1, -0.05) is 41.1 Å². The highest BCUT2D eigenvalue weighted by Gasteiger charge is 2.30. The van der Waals surface area contributed by atoms with Gasteiger partial charge in [0.1, 0.15) is 0 Å². The molecule has 6 nitrogen and oxygen atoms in total. The highest BCUT2D eigenvalue weighted by molar-refractivity contribution is 7.89. The molecule has 8 heteroatoms. The molecule has 1 saturated heterocycles. The maximum Gasteiger partial charge on any atom is 0.243 e. The quantitative estimate of drug-likeness (QED) is 0.668. The third-order valence-corrected chi connectivity index (χ3v) is 7.03. The highest BCUT2D eigenvalue weighted by atomic mass is 35.5. The molecular formula is C19H19ClN4O2S. The molecule has 0 unspecified atom stereocenters. The molecule has 0 amide bonds. The Labute approximate surface area is 163 Å².